The van der Waals surface area contributed by atoms with Crippen LogP contribution in [-0.2, 0) is 19.2 Å². The van der Waals surface area contributed by atoms with Gasteiger partial charge in [-0.15, -0.1) is 0 Å². The molecule has 2 aliphatic rings. The minimum atomic E-state index is -1.15. The SMILES string of the molecule is CC(NC(=O)C(C)NC(=O)C1CCCN1C(=O)C1CCCN1)C(=O)O. The van der Waals surface area contributed by atoms with Crippen LogP contribution in [0.2, 0.25) is 0 Å². The van der Waals surface area contributed by atoms with E-state index >= 15 is 0 Å². The van der Waals surface area contributed by atoms with Crippen molar-refractivity contribution in [3.8, 4) is 0 Å². The second-order valence-corrected chi connectivity index (χ2v) is 6.64. The molecular weight excluding hydrogens is 328 g/mol. The van der Waals surface area contributed by atoms with Crippen LogP contribution in [0.5, 0.6) is 0 Å². The van der Waals surface area contributed by atoms with Gasteiger partial charge in [-0.1, -0.05) is 0 Å². The Kier molecular flexibility index (Phi) is 6.35. The van der Waals surface area contributed by atoms with Gasteiger partial charge in [0.15, 0.2) is 0 Å². The molecule has 0 bridgehead atoms. The molecular formula is C16H26N4O5. The largest absolute Gasteiger partial charge is 0.480 e. The number of likely N-dealkylation sites (tertiary alicyclic amines) is 1. The van der Waals surface area contributed by atoms with Gasteiger partial charge in [0.2, 0.25) is 17.7 Å². The normalized spacial score (nSPS) is 25.3. The third-order valence-corrected chi connectivity index (χ3v) is 4.68. The van der Waals surface area contributed by atoms with E-state index in [-0.39, 0.29) is 17.9 Å². The van der Waals surface area contributed by atoms with Crippen molar-refractivity contribution in [2.75, 3.05) is 13.1 Å². The number of hydrogen-bond donors (Lipinski definition) is 4. The summed E-state index contributed by atoms with van der Waals surface area (Å²) in [6, 6.07) is -2.73. The molecule has 3 amide bonds. The highest BCUT2D eigenvalue weighted by Gasteiger charge is 2.38. The maximum Gasteiger partial charge on any atom is 0.325 e. The number of carboxylic acids is 1. The highest BCUT2D eigenvalue weighted by molar-refractivity contribution is 5.94. The van der Waals surface area contributed by atoms with Gasteiger partial charge >= 0.3 is 5.97 Å². The van der Waals surface area contributed by atoms with Crippen LogP contribution in [0.1, 0.15) is 39.5 Å². The molecule has 0 aromatic rings. The molecule has 2 fully saturated rings. The Morgan fingerprint density at radius 2 is 1.80 bits per heavy atom. The summed E-state index contributed by atoms with van der Waals surface area (Å²) in [6.45, 7) is 4.17. The van der Waals surface area contributed by atoms with Crippen molar-refractivity contribution in [1.82, 2.24) is 20.9 Å². The molecule has 0 spiro atoms. The Morgan fingerprint density at radius 3 is 2.40 bits per heavy atom. The lowest BCUT2D eigenvalue weighted by Gasteiger charge is -2.27. The molecule has 4 unspecified atom stereocenters. The standard InChI is InChI=1S/C16H26N4O5/c1-9(13(21)19-10(2)16(24)25)18-14(22)12-6-4-8-20(12)15(23)11-5-3-7-17-11/h9-12,17H,3-8H2,1-2H3,(H,18,22)(H,19,21)(H,24,25). The molecule has 9 nitrogen and oxygen atoms in total. The Balaban J connectivity index is 1.91. The van der Waals surface area contributed by atoms with Gasteiger partial charge in [-0.05, 0) is 46.1 Å². The molecule has 2 rings (SSSR count). The van der Waals surface area contributed by atoms with Crippen LogP contribution in [0, 0.1) is 0 Å². The van der Waals surface area contributed by atoms with Crippen LogP contribution in [0.4, 0.5) is 0 Å². The lowest BCUT2D eigenvalue weighted by Crippen LogP contribution is -2.55. The number of aliphatic carboxylic acids is 1. The van der Waals surface area contributed by atoms with Gasteiger partial charge in [0.05, 0.1) is 6.04 Å². The van der Waals surface area contributed by atoms with Gasteiger partial charge in [-0.3, -0.25) is 19.2 Å². The predicted molar refractivity (Wildman–Crippen MR) is 88.6 cm³/mol. The minimum Gasteiger partial charge on any atom is -0.480 e. The van der Waals surface area contributed by atoms with Crippen molar-refractivity contribution in [2.24, 2.45) is 0 Å². The topological polar surface area (TPSA) is 128 Å². The summed E-state index contributed by atoms with van der Waals surface area (Å²) in [7, 11) is 0. The van der Waals surface area contributed by atoms with Crippen molar-refractivity contribution in [2.45, 2.75) is 63.7 Å². The van der Waals surface area contributed by atoms with Crippen LogP contribution in [0.25, 0.3) is 0 Å². The van der Waals surface area contributed by atoms with E-state index in [4.69, 9.17) is 5.11 Å². The van der Waals surface area contributed by atoms with Gasteiger partial charge < -0.3 is 26.0 Å². The quantitative estimate of drug-likeness (QED) is 0.476. The Morgan fingerprint density at radius 1 is 1.08 bits per heavy atom. The Hall–Kier alpha value is -2.16. The number of carbonyl (C=O) groups is 4. The van der Waals surface area contributed by atoms with Crippen molar-refractivity contribution in [3.63, 3.8) is 0 Å². The van der Waals surface area contributed by atoms with Crippen molar-refractivity contribution < 1.29 is 24.3 Å². The van der Waals surface area contributed by atoms with Gasteiger partial charge in [-0.2, -0.15) is 0 Å². The molecule has 2 heterocycles. The van der Waals surface area contributed by atoms with Crippen LogP contribution in [-0.4, -0.2) is 71.0 Å². The van der Waals surface area contributed by atoms with Crippen LogP contribution in [0.3, 0.4) is 0 Å². The zero-order valence-electron chi connectivity index (χ0n) is 14.6. The average Bonchev–Trinajstić information content (AvgIpc) is 3.25. The van der Waals surface area contributed by atoms with E-state index in [1.807, 2.05) is 0 Å². The summed E-state index contributed by atoms with van der Waals surface area (Å²) in [6.07, 6.45) is 3.02. The van der Waals surface area contributed by atoms with Crippen LogP contribution in [0.15, 0.2) is 0 Å². The molecule has 0 radical (unpaired) electrons. The Bertz CT molecular complexity index is 547. The predicted octanol–water partition coefficient (Wildman–Crippen LogP) is -1.18. The van der Waals surface area contributed by atoms with Gasteiger partial charge in [-0.25, -0.2) is 0 Å². The fourth-order valence-corrected chi connectivity index (χ4v) is 3.17. The molecule has 0 saturated carbocycles. The summed E-state index contributed by atoms with van der Waals surface area (Å²) in [4.78, 5) is 49.3. The molecule has 4 atom stereocenters. The number of nitrogens with one attached hydrogen (secondary N) is 3. The monoisotopic (exact) mass is 354 g/mol. The maximum absolute atomic E-state index is 12.5. The number of hydrogen-bond acceptors (Lipinski definition) is 5. The summed E-state index contributed by atoms with van der Waals surface area (Å²) >= 11 is 0. The molecule has 0 aliphatic carbocycles. The van der Waals surface area contributed by atoms with Crippen molar-refractivity contribution in [1.29, 1.82) is 0 Å². The minimum absolute atomic E-state index is 0.0632. The van der Waals surface area contributed by atoms with Crippen molar-refractivity contribution >= 4 is 23.7 Å². The number of carboxylic acid groups (broad SMARTS) is 1. The van der Waals surface area contributed by atoms with E-state index in [1.54, 1.807) is 4.90 Å². The first kappa shape index (κ1) is 19.2. The Labute approximate surface area is 146 Å². The molecule has 140 valence electrons. The first-order valence-corrected chi connectivity index (χ1v) is 8.68. The second-order valence-electron chi connectivity index (χ2n) is 6.64. The van der Waals surface area contributed by atoms with E-state index in [9.17, 15) is 19.2 Å². The molecule has 0 aromatic heterocycles. The van der Waals surface area contributed by atoms with E-state index < -0.39 is 30.0 Å². The second kappa shape index (κ2) is 8.28. The maximum atomic E-state index is 12.5. The average molecular weight is 354 g/mol. The number of amides is 3. The summed E-state index contributed by atoms with van der Waals surface area (Å²) in [5, 5.41) is 16.8. The number of nitrogens with zero attached hydrogens (tertiary/aromatic N) is 1. The fraction of sp³-hybridized carbons (Fsp3) is 0.750. The number of carbonyl (C=O) groups excluding carboxylic acids is 3. The zero-order chi connectivity index (χ0) is 18.6. The molecule has 2 saturated heterocycles. The summed E-state index contributed by atoms with van der Waals surface area (Å²) < 4.78 is 0. The zero-order valence-corrected chi connectivity index (χ0v) is 14.6. The van der Waals surface area contributed by atoms with Crippen molar-refractivity contribution in [3.05, 3.63) is 0 Å². The fourth-order valence-electron chi connectivity index (χ4n) is 3.17. The third kappa shape index (κ3) is 4.68. The van der Waals surface area contributed by atoms with Crippen LogP contribution >= 0.6 is 0 Å². The summed E-state index contributed by atoms with van der Waals surface area (Å²) in [5.41, 5.74) is 0. The molecule has 9 heteroatoms. The van der Waals surface area contributed by atoms with Gasteiger partial charge in [0.1, 0.15) is 18.1 Å². The first-order valence-electron chi connectivity index (χ1n) is 8.68. The highest BCUT2D eigenvalue weighted by atomic mass is 16.4. The van der Waals surface area contributed by atoms with E-state index in [1.165, 1.54) is 13.8 Å². The van der Waals surface area contributed by atoms with E-state index in [0.717, 1.165) is 25.8 Å². The van der Waals surface area contributed by atoms with Gasteiger partial charge in [0, 0.05) is 6.54 Å². The van der Waals surface area contributed by atoms with Crippen LogP contribution < -0.4 is 16.0 Å². The summed E-state index contributed by atoms with van der Waals surface area (Å²) in [5.74, 6) is -2.17. The first-order chi connectivity index (χ1) is 11.8. The highest BCUT2D eigenvalue weighted by Crippen LogP contribution is 2.21. The van der Waals surface area contributed by atoms with Gasteiger partial charge in [0.25, 0.3) is 0 Å². The van der Waals surface area contributed by atoms with E-state index in [2.05, 4.69) is 16.0 Å². The molecule has 2 aliphatic heterocycles. The molecule has 25 heavy (non-hydrogen) atoms. The lowest BCUT2D eigenvalue weighted by atomic mass is 10.1. The third-order valence-electron chi connectivity index (χ3n) is 4.68. The van der Waals surface area contributed by atoms with E-state index in [0.29, 0.717) is 13.0 Å². The smallest absolute Gasteiger partial charge is 0.325 e. The molecule has 0 aromatic carbocycles. The molecule has 4 N–H and O–H groups in total. The lowest BCUT2D eigenvalue weighted by molar-refractivity contribution is -0.142. The number of rotatable bonds is 6.